The number of likely N-dealkylation sites (tertiary alicyclic amines) is 1. The fourth-order valence-corrected chi connectivity index (χ4v) is 2.26. The van der Waals surface area contributed by atoms with E-state index in [1.807, 2.05) is 4.90 Å². The molecule has 100 valence electrons. The summed E-state index contributed by atoms with van der Waals surface area (Å²) in [5, 5.41) is 0.327. The lowest BCUT2D eigenvalue weighted by Crippen LogP contribution is -2.24. The zero-order valence-electron chi connectivity index (χ0n) is 9.70. The van der Waals surface area contributed by atoms with Crippen LogP contribution in [0.25, 0.3) is 0 Å². The molecule has 0 N–H and O–H groups in total. The second-order valence-electron chi connectivity index (χ2n) is 4.35. The van der Waals surface area contributed by atoms with Gasteiger partial charge in [-0.05, 0) is 6.42 Å². The molecule has 6 heteroatoms. The van der Waals surface area contributed by atoms with Crippen LogP contribution in [0.1, 0.15) is 12.0 Å². The number of ether oxygens (including phenoxy) is 1. The van der Waals surface area contributed by atoms with E-state index < -0.39 is 17.5 Å². The maximum atomic E-state index is 13.3. The molecule has 0 aromatic heterocycles. The predicted octanol–water partition coefficient (Wildman–Crippen LogP) is 2.58. The van der Waals surface area contributed by atoms with Crippen molar-refractivity contribution in [2.75, 3.05) is 19.8 Å². The predicted molar refractivity (Wildman–Crippen MR) is 64.9 cm³/mol. The van der Waals surface area contributed by atoms with Crippen LogP contribution in [0.15, 0.2) is 12.1 Å². The Morgan fingerprint density at radius 3 is 2.50 bits per heavy atom. The summed E-state index contributed by atoms with van der Waals surface area (Å²) < 4.78 is 44.5. The smallest absolute Gasteiger partial charge is 0.134 e. The molecule has 1 unspecified atom stereocenters. The fourth-order valence-electron chi connectivity index (χ4n) is 1.92. The van der Waals surface area contributed by atoms with Crippen LogP contribution in [0.4, 0.5) is 13.2 Å². The Labute approximate surface area is 109 Å². The van der Waals surface area contributed by atoms with Crippen LogP contribution in [0, 0.1) is 17.5 Å². The van der Waals surface area contributed by atoms with Gasteiger partial charge in [0.2, 0.25) is 0 Å². The molecule has 2 nitrogen and oxygen atoms in total. The first-order chi connectivity index (χ1) is 8.56. The molecule has 1 saturated heterocycles. The Kier molecular flexibility index (Phi) is 4.53. The van der Waals surface area contributed by atoms with E-state index in [2.05, 4.69) is 12.6 Å². The van der Waals surface area contributed by atoms with Gasteiger partial charge in [-0.2, -0.15) is 12.6 Å². The van der Waals surface area contributed by atoms with Crippen molar-refractivity contribution in [3.05, 3.63) is 35.1 Å². The molecule has 1 heterocycles. The van der Waals surface area contributed by atoms with E-state index in [1.54, 1.807) is 0 Å². The monoisotopic (exact) mass is 277 g/mol. The van der Waals surface area contributed by atoms with Crippen molar-refractivity contribution in [3.63, 3.8) is 0 Å². The molecule has 1 atom stereocenters. The number of hydrogen-bond donors (Lipinski definition) is 1. The van der Waals surface area contributed by atoms with Gasteiger partial charge < -0.3 is 4.74 Å². The lowest BCUT2D eigenvalue weighted by atomic mass is 10.2. The standard InChI is InChI=1S/C12H14F3NOS/c13-8-3-11(14)10(12(15)4-8)6-17-7-16-2-1-9(18)5-16/h3-4,9,18H,1-2,5-7H2. The maximum Gasteiger partial charge on any atom is 0.134 e. The van der Waals surface area contributed by atoms with Gasteiger partial charge in [-0.3, -0.25) is 4.90 Å². The Morgan fingerprint density at radius 1 is 1.28 bits per heavy atom. The highest BCUT2D eigenvalue weighted by Gasteiger charge is 2.19. The first kappa shape index (κ1) is 13.7. The third kappa shape index (κ3) is 3.40. The molecule has 0 amide bonds. The summed E-state index contributed by atoms with van der Waals surface area (Å²) in [5.41, 5.74) is -0.238. The van der Waals surface area contributed by atoms with Crippen molar-refractivity contribution in [1.82, 2.24) is 4.90 Å². The van der Waals surface area contributed by atoms with Gasteiger partial charge in [0, 0.05) is 36.0 Å². The van der Waals surface area contributed by atoms with Gasteiger partial charge >= 0.3 is 0 Å². The minimum atomic E-state index is -0.925. The highest BCUT2D eigenvalue weighted by atomic mass is 32.1. The van der Waals surface area contributed by atoms with Gasteiger partial charge in [0.15, 0.2) is 0 Å². The summed E-state index contributed by atoms with van der Waals surface area (Å²) in [6.07, 6.45) is 0.978. The van der Waals surface area contributed by atoms with Crippen molar-refractivity contribution in [3.8, 4) is 0 Å². The molecular formula is C12H14F3NOS. The van der Waals surface area contributed by atoms with E-state index in [1.165, 1.54) is 0 Å². The normalized spacial score (nSPS) is 20.6. The zero-order chi connectivity index (χ0) is 13.1. The summed E-state index contributed by atoms with van der Waals surface area (Å²) in [6.45, 7) is 1.76. The number of thiol groups is 1. The lowest BCUT2D eigenvalue weighted by Gasteiger charge is -2.15. The SMILES string of the molecule is Fc1cc(F)c(COCN2CCC(S)C2)c(F)c1. The van der Waals surface area contributed by atoms with Crippen LogP contribution in [0.3, 0.4) is 0 Å². The number of benzene rings is 1. The quantitative estimate of drug-likeness (QED) is 0.849. The van der Waals surface area contributed by atoms with Crippen LogP contribution in [0.5, 0.6) is 0 Å². The highest BCUT2D eigenvalue weighted by molar-refractivity contribution is 7.81. The van der Waals surface area contributed by atoms with Crippen molar-refractivity contribution in [2.24, 2.45) is 0 Å². The van der Waals surface area contributed by atoms with Gasteiger partial charge in [0.25, 0.3) is 0 Å². The van der Waals surface area contributed by atoms with Gasteiger partial charge in [-0.1, -0.05) is 0 Å². The van der Waals surface area contributed by atoms with E-state index in [4.69, 9.17) is 4.74 Å². The molecule has 1 aliphatic rings. The molecular weight excluding hydrogens is 263 g/mol. The molecule has 0 bridgehead atoms. The van der Waals surface area contributed by atoms with E-state index in [0.717, 1.165) is 19.5 Å². The number of halogens is 3. The van der Waals surface area contributed by atoms with Gasteiger partial charge in [0.05, 0.1) is 13.3 Å². The van der Waals surface area contributed by atoms with E-state index >= 15 is 0 Å². The van der Waals surface area contributed by atoms with Gasteiger partial charge in [-0.15, -0.1) is 0 Å². The molecule has 1 aromatic carbocycles. The van der Waals surface area contributed by atoms with E-state index in [-0.39, 0.29) is 12.2 Å². The van der Waals surface area contributed by atoms with Gasteiger partial charge in [-0.25, -0.2) is 13.2 Å². The minimum Gasteiger partial charge on any atom is -0.361 e. The van der Waals surface area contributed by atoms with Crippen molar-refractivity contribution in [1.29, 1.82) is 0 Å². The Hall–Kier alpha value is -0.720. The highest BCUT2D eigenvalue weighted by Crippen LogP contribution is 2.17. The van der Waals surface area contributed by atoms with E-state index in [9.17, 15) is 13.2 Å². The summed E-state index contributed by atoms with van der Waals surface area (Å²) in [4.78, 5) is 2.01. The second-order valence-corrected chi connectivity index (χ2v) is 5.08. The summed E-state index contributed by atoms with van der Waals surface area (Å²) in [5.74, 6) is -2.76. The summed E-state index contributed by atoms with van der Waals surface area (Å²) in [7, 11) is 0. The molecule has 1 aromatic rings. The first-order valence-electron chi connectivity index (χ1n) is 5.68. The zero-order valence-corrected chi connectivity index (χ0v) is 10.6. The molecule has 0 spiro atoms. The molecule has 0 aliphatic carbocycles. The molecule has 2 rings (SSSR count). The summed E-state index contributed by atoms with van der Waals surface area (Å²) >= 11 is 4.33. The molecule has 1 aliphatic heterocycles. The van der Waals surface area contributed by atoms with Crippen molar-refractivity contribution >= 4 is 12.6 Å². The Balaban J connectivity index is 1.87. The third-order valence-corrected chi connectivity index (χ3v) is 3.30. The number of rotatable bonds is 4. The second kappa shape index (κ2) is 5.95. The Bertz CT molecular complexity index is 407. The van der Waals surface area contributed by atoms with E-state index in [0.29, 0.717) is 24.1 Å². The molecule has 0 radical (unpaired) electrons. The lowest BCUT2D eigenvalue weighted by molar-refractivity contribution is 0.0288. The topological polar surface area (TPSA) is 12.5 Å². The Morgan fingerprint density at radius 2 is 1.94 bits per heavy atom. The molecule has 0 saturated carbocycles. The fraction of sp³-hybridized carbons (Fsp3) is 0.500. The van der Waals surface area contributed by atoms with Crippen LogP contribution in [-0.2, 0) is 11.3 Å². The van der Waals surface area contributed by atoms with Crippen molar-refractivity contribution < 1.29 is 17.9 Å². The number of nitrogens with zero attached hydrogens (tertiary/aromatic N) is 1. The molecule has 1 fully saturated rings. The van der Waals surface area contributed by atoms with Gasteiger partial charge in [0.1, 0.15) is 17.5 Å². The molecule has 18 heavy (non-hydrogen) atoms. The summed E-state index contributed by atoms with van der Waals surface area (Å²) in [6, 6.07) is 1.31. The average molecular weight is 277 g/mol. The largest absolute Gasteiger partial charge is 0.361 e. The maximum absolute atomic E-state index is 13.3. The van der Waals surface area contributed by atoms with Crippen LogP contribution >= 0.6 is 12.6 Å². The number of hydrogen-bond acceptors (Lipinski definition) is 3. The third-order valence-electron chi connectivity index (χ3n) is 2.87. The van der Waals surface area contributed by atoms with Crippen molar-refractivity contribution in [2.45, 2.75) is 18.3 Å². The van der Waals surface area contributed by atoms with Crippen LogP contribution in [-0.4, -0.2) is 30.0 Å². The first-order valence-corrected chi connectivity index (χ1v) is 6.19. The van der Waals surface area contributed by atoms with Crippen LogP contribution < -0.4 is 0 Å². The minimum absolute atomic E-state index is 0.203. The van der Waals surface area contributed by atoms with Crippen LogP contribution in [0.2, 0.25) is 0 Å². The average Bonchev–Trinajstić information content (AvgIpc) is 2.68.